The first-order chi connectivity index (χ1) is 7.08. The molecule has 0 aliphatic carbocycles. The fourth-order valence-electron chi connectivity index (χ4n) is 1.11. The number of halogens is 4. The van der Waals surface area contributed by atoms with E-state index in [1.54, 1.807) is 22.7 Å². The highest BCUT2D eigenvalue weighted by atomic mass is 79.9. The van der Waals surface area contributed by atoms with E-state index in [-0.39, 0.29) is 5.38 Å². The molecule has 0 aliphatic heterocycles. The highest BCUT2D eigenvalue weighted by Crippen LogP contribution is 2.41. The van der Waals surface area contributed by atoms with Crippen LogP contribution in [0, 0.1) is 0 Å². The van der Waals surface area contributed by atoms with E-state index in [2.05, 4.69) is 65.3 Å². The van der Waals surface area contributed by atoms with Crippen LogP contribution < -0.4 is 0 Å². The standard InChI is InChI=1S/C9H4Br3ClS2/c10-5-2-6(15-9(5)12)8(13)4-1-7(11)14-3-4/h1-3,8H. The third-order valence-electron chi connectivity index (χ3n) is 1.79. The van der Waals surface area contributed by atoms with Gasteiger partial charge in [0.2, 0.25) is 0 Å². The molecule has 0 aliphatic rings. The van der Waals surface area contributed by atoms with Gasteiger partial charge in [-0.05, 0) is 70.9 Å². The smallest absolute Gasteiger partial charge is 0.0937 e. The van der Waals surface area contributed by atoms with Gasteiger partial charge in [-0.2, -0.15) is 0 Å². The van der Waals surface area contributed by atoms with Gasteiger partial charge in [0.1, 0.15) is 0 Å². The molecule has 0 saturated carbocycles. The molecule has 0 fully saturated rings. The third-order valence-corrected chi connectivity index (χ3v) is 7.25. The minimum Gasteiger partial charge on any atom is -0.136 e. The Labute approximate surface area is 126 Å². The van der Waals surface area contributed by atoms with Gasteiger partial charge in [-0.15, -0.1) is 34.3 Å². The lowest BCUT2D eigenvalue weighted by molar-refractivity contribution is 1.20. The first kappa shape index (κ1) is 12.6. The second-order valence-corrected chi connectivity index (χ2v) is 8.80. The Balaban J connectivity index is 2.31. The van der Waals surface area contributed by atoms with Crippen LogP contribution in [-0.2, 0) is 0 Å². The second-order valence-electron chi connectivity index (χ2n) is 2.82. The van der Waals surface area contributed by atoms with E-state index in [0.29, 0.717) is 0 Å². The number of alkyl halides is 1. The molecule has 0 radical (unpaired) electrons. The van der Waals surface area contributed by atoms with E-state index in [4.69, 9.17) is 11.6 Å². The predicted octanol–water partition coefficient (Wildman–Crippen LogP) is 6.43. The van der Waals surface area contributed by atoms with Gasteiger partial charge in [0.25, 0.3) is 0 Å². The molecule has 2 heterocycles. The monoisotopic (exact) mass is 448 g/mol. The number of thiophene rings is 2. The van der Waals surface area contributed by atoms with E-state index < -0.39 is 0 Å². The molecule has 2 aromatic heterocycles. The van der Waals surface area contributed by atoms with E-state index in [9.17, 15) is 0 Å². The summed E-state index contributed by atoms with van der Waals surface area (Å²) in [5.41, 5.74) is 1.13. The van der Waals surface area contributed by atoms with Crippen molar-refractivity contribution in [1.29, 1.82) is 0 Å². The SMILES string of the molecule is ClC(c1csc(Br)c1)c1cc(Br)c(Br)s1. The number of hydrogen-bond acceptors (Lipinski definition) is 2. The summed E-state index contributed by atoms with van der Waals surface area (Å²) < 4.78 is 3.25. The van der Waals surface area contributed by atoms with Crippen LogP contribution >= 0.6 is 82.1 Å². The Morgan fingerprint density at radius 3 is 2.40 bits per heavy atom. The summed E-state index contributed by atoms with van der Waals surface area (Å²) in [5.74, 6) is 0. The lowest BCUT2D eigenvalue weighted by Gasteiger charge is -2.03. The van der Waals surface area contributed by atoms with Crippen molar-refractivity contribution in [2.75, 3.05) is 0 Å². The summed E-state index contributed by atoms with van der Waals surface area (Å²) in [6.45, 7) is 0. The van der Waals surface area contributed by atoms with Crippen LogP contribution in [0.15, 0.2) is 29.6 Å². The second kappa shape index (κ2) is 5.19. The molecule has 0 aromatic carbocycles. The van der Waals surface area contributed by atoms with Crippen LogP contribution in [0.5, 0.6) is 0 Å². The first-order valence-electron chi connectivity index (χ1n) is 3.90. The first-order valence-corrected chi connectivity index (χ1v) is 8.42. The maximum Gasteiger partial charge on any atom is 0.0937 e. The zero-order chi connectivity index (χ0) is 11.0. The van der Waals surface area contributed by atoms with E-state index in [1.807, 2.05) is 0 Å². The van der Waals surface area contributed by atoms with Crippen LogP contribution in [-0.4, -0.2) is 0 Å². The van der Waals surface area contributed by atoms with Crippen LogP contribution in [0.3, 0.4) is 0 Å². The van der Waals surface area contributed by atoms with Gasteiger partial charge in [0.15, 0.2) is 0 Å². The summed E-state index contributed by atoms with van der Waals surface area (Å²) in [6.07, 6.45) is 0. The average Bonchev–Trinajstić information content (AvgIpc) is 2.74. The van der Waals surface area contributed by atoms with Gasteiger partial charge in [-0.25, -0.2) is 0 Å². The van der Waals surface area contributed by atoms with Gasteiger partial charge in [0.05, 0.1) is 12.9 Å². The Hall–Kier alpha value is 1.13. The molecule has 0 bridgehead atoms. The van der Waals surface area contributed by atoms with Gasteiger partial charge in [0, 0.05) is 9.35 Å². The third kappa shape index (κ3) is 2.87. The molecule has 2 aromatic rings. The molecular formula is C9H4Br3ClS2. The molecule has 15 heavy (non-hydrogen) atoms. The zero-order valence-electron chi connectivity index (χ0n) is 7.14. The van der Waals surface area contributed by atoms with Crippen molar-refractivity contribution < 1.29 is 0 Å². The highest BCUT2D eigenvalue weighted by molar-refractivity contribution is 9.13. The van der Waals surface area contributed by atoms with Crippen LogP contribution in [0.1, 0.15) is 15.8 Å². The molecule has 0 N–H and O–H groups in total. The molecule has 80 valence electrons. The Bertz CT molecular complexity index is 458. The van der Waals surface area contributed by atoms with Crippen LogP contribution in [0.25, 0.3) is 0 Å². The lowest BCUT2D eigenvalue weighted by Crippen LogP contribution is -1.85. The minimum atomic E-state index is -0.0693. The maximum absolute atomic E-state index is 6.38. The van der Waals surface area contributed by atoms with Crippen molar-refractivity contribution in [3.63, 3.8) is 0 Å². The van der Waals surface area contributed by atoms with E-state index in [0.717, 1.165) is 22.5 Å². The summed E-state index contributed by atoms with van der Waals surface area (Å²) in [4.78, 5) is 1.14. The fourth-order valence-corrected chi connectivity index (χ4v) is 4.80. The topological polar surface area (TPSA) is 0 Å². The lowest BCUT2D eigenvalue weighted by atomic mass is 10.2. The van der Waals surface area contributed by atoms with Crippen molar-refractivity contribution >= 4 is 82.1 Å². The average molecular weight is 451 g/mol. The maximum atomic E-state index is 6.38. The van der Waals surface area contributed by atoms with Crippen molar-refractivity contribution in [2.45, 2.75) is 5.38 Å². The minimum absolute atomic E-state index is 0.0693. The summed E-state index contributed by atoms with van der Waals surface area (Å²) >= 11 is 20.1. The largest absolute Gasteiger partial charge is 0.136 e. The quantitative estimate of drug-likeness (QED) is 0.462. The molecular weight excluding hydrogens is 447 g/mol. The van der Waals surface area contributed by atoms with Gasteiger partial charge in [-0.3, -0.25) is 0 Å². The van der Waals surface area contributed by atoms with Crippen LogP contribution in [0.2, 0.25) is 0 Å². The highest BCUT2D eigenvalue weighted by Gasteiger charge is 2.16. The summed E-state index contributed by atoms with van der Waals surface area (Å²) in [7, 11) is 0. The fraction of sp³-hybridized carbons (Fsp3) is 0.111. The van der Waals surface area contributed by atoms with Crippen LogP contribution in [0.4, 0.5) is 0 Å². The number of rotatable bonds is 2. The molecule has 1 atom stereocenters. The van der Waals surface area contributed by atoms with E-state index >= 15 is 0 Å². The van der Waals surface area contributed by atoms with Gasteiger partial charge < -0.3 is 0 Å². The van der Waals surface area contributed by atoms with E-state index in [1.165, 1.54) is 0 Å². The van der Waals surface area contributed by atoms with Gasteiger partial charge in [-0.1, -0.05) is 0 Å². The summed E-state index contributed by atoms with van der Waals surface area (Å²) in [5, 5.41) is 2.00. The molecule has 0 nitrogen and oxygen atoms in total. The molecule has 1 unspecified atom stereocenters. The van der Waals surface area contributed by atoms with Crippen molar-refractivity contribution in [3.05, 3.63) is 40.0 Å². The normalized spacial score (nSPS) is 13.1. The summed E-state index contributed by atoms with van der Waals surface area (Å²) in [6, 6.07) is 4.11. The Morgan fingerprint density at radius 1 is 1.20 bits per heavy atom. The van der Waals surface area contributed by atoms with Crippen molar-refractivity contribution in [3.8, 4) is 0 Å². The zero-order valence-corrected chi connectivity index (χ0v) is 14.3. The Kier molecular flexibility index (Phi) is 4.35. The molecule has 6 heteroatoms. The van der Waals surface area contributed by atoms with Crippen molar-refractivity contribution in [2.24, 2.45) is 0 Å². The van der Waals surface area contributed by atoms with Gasteiger partial charge >= 0.3 is 0 Å². The molecule has 0 amide bonds. The number of hydrogen-bond donors (Lipinski definition) is 0. The van der Waals surface area contributed by atoms with Crippen molar-refractivity contribution in [1.82, 2.24) is 0 Å². The molecule has 0 saturated heterocycles. The molecule has 0 spiro atoms. The molecule has 2 rings (SSSR count). The Morgan fingerprint density at radius 2 is 1.93 bits per heavy atom. The predicted molar refractivity (Wildman–Crippen MR) is 79.4 cm³/mol.